The van der Waals surface area contributed by atoms with Crippen molar-refractivity contribution in [3.05, 3.63) is 29.6 Å². The first-order valence-corrected chi connectivity index (χ1v) is 8.19. The van der Waals surface area contributed by atoms with Gasteiger partial charge in [-0.1, -0.05) is 6.92 Å². The Bertz CT molecular complexity index is 616. The normalized spacial score (nSPS) is 19.4. The summed E-state index contributed by atoms with van der Waals surface area (Å²) in [5, 5.41) is 3.04. The molecule has 1 fully saturated rings. The van der Waals surface area contributed by atoms with Crippen molar-refractivity contribution < 1.29 is 21.6 Å². The zero-order valence-electron chi connectivity index (χ0n) is 11.6. The van der Waals surface area contributed by atoms with Crippen LogP contribution in [0.2, 0.25) is 0 Å². The van der Waals surface area contributed by atoms with E-state index in [1.165, 1.54) is 4.31 Å². The topological polar surface area (TPSA) is 49.4 Å². The lowest BCUT2D eigenvalue weighted by molar-refractivity contribution is 0.331. The molecule has 1 aliphatic heterocycles. The molecule has 1 aliphatic rings. The number of hydrogen-bond donors (Lipinski definition) is 1. The lowest BCUT2D eigenvalue weighted by Crippen LogP contribution is -2.42. The minimum Gasteiger partial charge on any atom is -0.315 e. The van der Waals surface area contributed by atoms with Crippen LogP contribution in [0.5, 0.6) is 0 Å². The fraction of sp³-hybridized carbons (Fsp3) is 0.538. The number of hydrogen-bond acceptors (Lipinski definition) is 3. The maximum atomic E-state index is 13.8. The van der Waals surface area contributed by atoms with E-state index in [4.69, 9.17) is 0 Å². The van der Waals surface area contributed by atoms with Crippen LogP contribution in [0.3, 0.4) is 0 Å². The standard InChI is InChI=1S/C13H17F3N2O2S/c1-2-7-18(9-5-6-17-8-9)21(19,20)11-4-3-10(14)12(15)13(11)16/h3-4,9,17H,2,5-8H2,1H3. The predicted octanol–water partition coefficient (Wildman–Crippen LogP) is 1.87. The molecule has 1 aromatic rings. The van der Waals surface area contributed by atoms with E-state index in [0.29, 0.717) is 32.0 Å². The van der Waals surface area contributed by atoms with Gasteiger partial charge >= 0.3 is 0 Å². The largest absolute Gasteiger partial charge is 0.315 e. The summed E-state index contributed by atoms with van der Waals surface area (Å²) >= 11 is 0. The summed E-state index contributed by atoms with van der Waals surface area (Å²) in [5.41, 5.74) is 0. The molecule has 8 heteroatoms. The number of nitrogens with one attached hydrogen (secondary N) is 1. The Morgan fingerprint density at radius 1 is 1.29 bits per heavy atom. The van der Waals surface area contributed by atoms with Crippen LogP contribution in [0, 0.1) is 17.5 Å². The van der Waals surface area contributed by atoms with Gasteiger partial charge < -0.3 is 5.32 Å². The van der Waals surface area contributed by atoms with E-state index < -0.39 is 32.4 Å². The molecule has 1 unspecified atom stereocenters. The first-order valence-electron chi connectivity index (χ1n) is 6.75. The molecule has 4 nitrogen and oxygen atoms in total. The molecule has 0 bridgehead atoms. The highest BCUT2D eigenvalue weighted by Gasteiger charge is 2.35. The van der Waals surface area contributed by atoms with Crippen LogP contribution in [0.4, 0.5) is 13.2 Å². The lowest BCUT2D eigenvalue weighted by atomic mass is 10.2. The first kappa shape index (κ1) is 16.3. The highest BCUT2D eigenvalue weighted by atomic mass is 32.2. The molecule has 1 aromatic carbocycles. The SMILES string of the molecule is CCCN(C1CCNC1)S(=O)(=O)c1ccc(F)c(F)c1F. The van der Waals surface area contributed by atoms with E-state index in [1.807, 2.05) is 0 Å². The van der Waals surface area contributed by atoms with Crippen molar-refractivity contribution in [3.63, 3.8) is 0 Å². The first-order chi connectivity index (χ1) is 9.89. The average Bonchev–Trinajstić information content (AvgIpc) is 2.95. The van der Waals surface area contributed by atoms with Crippen molar-refractivity contribution >= 4 is 10.0 Å². The molecule has 0 amide bonds. The Kier molecular flexibility index (Phi) is 4.90. The van der Waals surface area contributed by atoms with Crippen LogP contribution >= 0.6 is 0 Å². The van der Waals surface area contributed by atoms with Gasteiger partial charge in [0.15, 0.2) is 17.5 Å². The number of rotatable bonds is 5. The maximum absolute atomic E-state index is 13.8. The van der Waals surface area contributed by atoms with Gasteiger partial charge in [0.05, 0.1) is 0 Å². The van der Waals surface area contributed by atoms with E-state index in [1.54, 1.807) is 6.92 Å². The molecule has 0 radical (unpaired) electrons. The van der Waals surface area contributed by atoms with Gasteiger partial charge in [0.2, 0.25) is 10.0 Å². The summed E-state index contributed by atoms with van der Waals surface area (Å²) < 4.78 is 66.4. The fourth-order valence-electron chi connectivity index (χ4n) is 2.44. The molecule has 21 heavy (non-hydrogen) atoms. The average molecular weight is 322 g/mol. The van der Waals surface area contributed by atoms with Gasteiger partial charge in [-0.2, -0.15) is 4.31 Å². The molecule has 1 heterocycles. The van der Waals surface area contributed by atoms with Gasteiger partial charge in [0, 0.05) is 19.1 Å². The Morgan fingerprint density at radius 3 is 2.57 bits per heavy atom. The van der Waals surface area contributed by atoms with Crippen LogP contribution < -0.4 is 5.32 Å². The smallest absolute Gasteiger partial charge is 0.246 e. The third kappa shape index (κ3) is 3.07. The second kappa shape index (κ2) is 6.33. The van der Waals surface area contributed by atoms with E-state index >= 15 is 0 Å². The van der Waals surface area contributed by atoms with Gasteiger partial charge in [-0.25, -0.2) is 21.6 Å². The Balaban J connectivity index is 2.45. The Morgan fingerprint density at radius 2 is 2.00 bits per heavy atom. The van der Waals surface area contributed by atoms with Crippen molar-refractivity contribution in [2.24, 2.45) is 0 Å². The third-order valence-electron chi connectivity index (χ3n) is 3.47. The molecule has 118 valence electrons. The van der Waals surface area contributed by atoms with E-state index in [2.05, 4.69) is 5.32 Å². The van der Waals surface area contributed by atoms with Gasteiger partial charge in [-0.3, -0.25) is 0 Å². The van der Waals surface area contributed by atoms with Gasteiger partial charge in [-0.05, 0) is 31.5 Å². The van der Waals surface area contributed by atoms with Crippen molar-refractivity contribution in [2.45, 2.75) is 30.7 Å². The van der Waals surface area contributed by atoms with Gasteiger partial charge in [0.25, 0.3) is 0 Å². The summed E-state index contributed by atoms with van der Waals surface area (Å²) in [6.07, 6.45) is 1.14. The summed E-state index contributed by atoms with van der Waals surface area (Å²) in [5.74, 6) is -4.84. The summed E-state index contributed by atoms with van der Waals surface area (Å²) in [6.45, 7) is 3.13. The highest BCUT2D eigenvalue weighted by Crippen LogP contribution is 2.26. The number of benzene rings is 1. The second-order valence-electron chi connectivity index (χ2n) is 4.94. The van der Waals surface area contributed by atoms with Gasteiger partial charge in [0.1, 0.15) is 4.90 Å². The summed E-state index contributed by atoms with van der Waals surface area (Å²) in [6, 6.07) is 1.10. The molecule has 0 saturated carbocycles. The second-order valence-corrected chi connectivity index (χ2v) is 6.79. The maximum Gasteiger partial charge on any atom is 0.246 e. The van der Waals surface area contributed by atoms with Crippen molar-refractivity contribution in [3.8, 4) is 0 Å². The molecule has 0 aliphatic carbocycles. The van der Waals surface area contributed by atoms with Crippen LogP contribution in [-0.4, -0.2) is 38.4 Å². The molecule has 0 aromatic heterocycles. The molecule has 1 atom stereocenters. The number of nitrogens with zero attached hydrogens (tertiary/aromatic N) is 1. The van der Waals surface area contributed by atoms with Gasteiger partial charge in [-0.15, -0.1) is 0 Å². The van der Waals surface area contributed by atoms with Crippen LogP contribution in [0.25, 0.3) is 0 Å². The van der Waals surface area contributed by atoms with Crippen LogP contribution in [0.1, 0.15) is 19.8 Å². The molecule has 1 N–H and O–H groups in total. The fourth-order valence-corrected chi connectivity index (χ4v) is 4.24. The van der Waals surface area contributed by atoms with Crippen molar-refractivity contribution in [1.29, 1.82) is 0 Å². The number of halogens is 3. The molecular weight excluding hydrogens is 305 g/mol. The molecular formula is C13H17F3N2O2S. The highest BCUT2D eigenvalue weighted by molar-refractivity contribution is 7.89. The minimum atomic E-state index is -4.20. The lowest BCUT2D eigenvalue weighted by Gasteiger charge is -2.27. The summed E-state index contributed by atoms with van der Waals surface area (Å²) in [4.78, 5) is -0.818. The third-order valence-corrected chi connectivity index (χ3v) is 5.44. The predicted molar refractivity (Wildman–Crippen MR) is 71.8 cm³/mol. The van der Waals surface area contributed by atoms with Crippen LogP contribution in [-0.2, 0) is 10.0 Å². The minimum absolute atomic E-state index is 0.202. The van der Waals surface area contributed by atoms with E-state index in [0.717, 1.165) is 6.07 Å². The quantitative estimate of drug-likeness (QED) is 0.842. The summed E-state index contributed by atoms with van der Waals surface area (Å²) in [7, 11) is -4.20. The molecule has 0 spiro atoms. The Hall–Kier alpha value is -1.12. The molecule has 2 rings (SSSR count). The zero-order chi connectivity index (χ0) is 15.6. The zero-order valence-corrected chi connectivity index (χ0v) is 12.4. The van der Waals surface area contributed by atoms with Crippen molar-refractivity contribution in [2.75, 3.05) is 19.6 Å². The molecule has 1 saturated heterocycles. The monoisotopic (exact) mass is 322 g/mol. The Labute approximate surface area is 122 Å². The van der Waals surface area contributed by atoms with E-state index in [9.17, 15) is 21.6 Å². The van der Waals surface area contributed by atoms with Crippen molar-refractivity contribution in [1.82, 2.24) is 9.62 Å². The number of sulfonamides is 1. The van der Waals surface area contributed by atoms with Crippen LogP contribution in [0.15, 0.2) is 17.0 Å². The van der Waals surface area contributed by atoms with E-state index in [-0.39, 0.29) is 12.6 Å².